The van der Waals surface area contributed by atoms with Gasteiger partial charge in [-0.05, 0) is 25.3 Å². The molecule has 27 heavy (non-hydrogen) atoms. The molecule has 6 nitrogen and oxygen atoms in total. The van der Waals surface area contributed by atoms with Gasteiger partial charge >= 0.3 is 0 Å². The van der Waals surface area contributed by atoms with Crippen LogP contribution in [0.25, 0.3) is 0 Å². The van der Waals surface area contributed by atoms with Crippen LogP contribution in [0.2, 0.25) is 0 Å². The van der Waals surface area contributed by atoms with Gasteiger partial charge in [0.2, 0.25) is 11.8 Å². The minimum atomic E-state index is -0.190. The van der Waals surface area contributed by atoms with Gasteiger partial charge in [0.05, 0.1) is 19.6 Å². The van der Waals surface area contributed by atoms with Crippen LogP contribution < -0.4 is 4.74 Å². The summed E-state index contributed by atoms with van der Waals surface area (Å²) in [6, 6.07) is 7.92. The predicted molar refractivity (Wildman–Crippen MR) is 102 cm³/mol. The summed E-state index contributed by atoms with van der Waals surface area (Å²) in [4.78, 5) is 29.2. The number of hydrogen-bond donors (Lipinski definition) is 1. The van der Waals surface area contributed by atoms with Crippen LogP contribution >= 0.6 is 0 Å². The van der Waals surface area contributed by atoms with Crippen molar-refractivity contribution >= 4 is 11.8 Å². The van der Waals surface area contributed by atoms with E-state index >= 15 is 0 Å². The number of benzene rings is 1. The molecule has 1 heterocycles. The lowest BCUT2D eigenvalue weighted by molar-refractivity contribution is -0.145. The van der Waals surface area contributed by atoms with Crippen molar-refractivity contribution in [3.8, 4) is 5.75 Å². The lowest BCUT2D eigenvalue weighted by Gasteiger charge is -2.38. The monoisotopic (exact) mass is 374 g/mol. The summed E-state index contributed by atoms with van der Waals surface area (Å²) in [5.41, 5.74) is 0.918. The van der Waals surface area contributed by atoms with E-state index in [0.29, 0.717) is 32.0 Å². The highest BCUT2D eigenvalue weighted by Crippen LogP contribution is 2.30. The molecule has 148 valence electrons. The molecule has 2 fully saturated rings. The van der Waals surface area contributed by atoms with Crippen LogP contribution in [0, 0.1) is 5.92 Å². The van der Waals surface area contributed by atoms with Gasteiger partial charge in [-0.2, -0.15) is 0 Å². The molecular formula is C21H30N2O4. The maximum absolute atomic E-state index is 13.2. The van der Waals surface area contributed by atoms with Crippen molar-refractivity contribution in [1.29, 1.82) is 0 Å². The van der Waals surface area contributed by atoms with E-state index in [1.165, 1.54) is 0 Å². The van der Waals surface area contributed by atoms with Crippen LogP contribution in [-0.4, -0.2) is 59.6 Å². The fourth-order valence-corrected chi connectivity index (χ4v) is 4.33. The van der Waals surface area contributed by atoms with Gasteiger partial charge in [0.15, 0.2) is 0 Å². The quantitative estimate of drug-likeness (QED) is 0.794. The van der Waals surface area contributed by atoms with Crippen molar-refractivity contribution in [2.24, 2.45) is 5.92 Å². The summed E-state index contributed by atoms with van der Waals surface area (Å²) in [5, 5.41) is 9.47. The molecule has 1 saturated heterocycles. The number of piperidine rings is 1. The van der Waals surface area contributed by atoms with Gasteiger partial charge < -0.3 is 19.6 Å². The zero-order valence-electron chi connectivity index (χ0n) is 16.1. The first-order chi connectivity index (χ1) is 13.1. The van der Waals surface area contributed by atoms with Crippen molar-refractivity contribution < 1.29 is 19.4 Å². The van der Waals surface area contributed by atoms with E-state index in [4.69, 9.17) is 4.74 Å². The van der Waals surface area contributed by atoms with Crippen LogP contribution in [0.15, 0.2) is 24.3 Å². The van der Waals surface area contributed by atoms with Gasteiger partial charge in [0.1, 0.15) is 5.75 Å². The highest BCUT2D eigenvalue weighted by atomic mass is 16.5. The first-order valence-electron chi connectivity index (χ1n) is 9.95. The van der Waals surface area contributed by atoms with Crippen LogP contribution in [-0.2, 0) is 16.1 Å². The van der Waals surface area contributed by atoms with E-state index in [-0.39, 0.29) is 30.9 Å². The lowest BCUT2D eigenvalue weighted by Crippen LogP contribution is -2.50. The Morgan fingerprint density at radius 3 is 2.70 bits per heavy atom. The summed E-state index contributed by atoms with van der Waals surface area (Å²) >= 11 is 0. The molecule has 1 N–H and O–H groups in total. The number of rotatable bonds is 7. The van der Waals surface area contributed by atoms with E-state index in [0.717, 1.165) is 37.0 Å². The fraction of sp³-hybridized carbons (Fsp3) is 0.619. The summed E-state index contributed by atoms with van der Waals surface area (Å²) in [6.45, 7) is 1.11. The van der Waals surface area contributed by atoms with Gasteiger partial charge in [0.25, 0.3) is 0 Å². The molecule has 3 rings (SSSR count). The number of ether oxygens (including phenoxy) is 1. The number of carbonyl (C=O) groups excluding carboxylic acids is 2. The first-order valence-corrected chi connectivity index (χ1v) is 9.95. The number of nitrogens with zero attached hydrogens (tertiary/aromatic N) is 2. The minimum Gasteiger partial charge on any atom is -0.496 e. The van der Waals surface area contributed by atoms with Crippen LogP contribution in [0.4, 0.5) is 0 Å². The van der Waals surface area contributed by atoms with Crippen molar-refractivity contribution in [2.75, 3.05) is 26.8 Å². The smallest absolute Gasteiger partial charge is 0.227 e. The van der Waals surface area contributed by atoms with E-state index in [9.17, 15) is 14.7 Å². The maximum atomic E-state index is 13.2. The molecule has 1 saturated carbocycles. The fourth-order valence-electron chi connectivity index (χ4n) is 4.33. The second-order valence-electron chi connectivity index (χ2n) is 7.52. The number of likely N-dealkylation sites (tertiary alicyclic amines) is 1. The third-order valence-corrected chi connectivity index (χ3v) is 5.79. The molecule has 0 radical (unpaired) electrons. The van der Waals surface area contributed by atoms with E-state index in [1.807, 2.05) is 29.2 Å². The lowest BCUT2D eigenvalue weighted by atomic mass is 9.94. The Morgan fingerprint density at radius 2 is 2.00 bits per heavy atom. The van der Waals surface area contributed by atoms with Crippen molar-refractivity contribution in [3.63, 3.8) is 0 Å². The molecule has 0 aromatic heterocycles. The summed E-state index contributed by atoms with van der Waals surface area (Å²) in [7, 11) is 1.61. The Morgan fingerprint density at radius 1 is 1.26 bits per heavy atom. The molecule has 0 bridgehead atoms. The molecule has 1 unspecified atom stereocenters. The molecule has 2 aliphatic rings. The zero-order chi connectivity index (χ0) is 19.2. The third kappa shape index (κ3) is 4.61. The molecule has 1 aliphatic heterocycles. The number of amides is 2. The van der Waals surface area contributed by atoms with Crippen LogP contribution in [0.5, 0.6) is 5.75 Å². The second kappa shape index (κ2) is 9.22. The molecule has 1 aromatic rings. The Hall–Kier alpha value is -2.08. The number of carbonyl (C=O) groups is 2. The topological polar surface area (TPSA) is 70.1 Å². The number of methoxy groups -OCH3 is 1. The van der Waals surface area contributed by atoms with E-state index in [2.05, 4.69) is 0 Å². The number of hydrogen-bond acceptors (Lipinski definition) is 4. The predicted octanol–water partition coefficient (Wildman–Crippen LogP) is 2.20. The number of para-hydroxylation sites is 1. The molecule has 1 aromatic carbocycles. The van der Waals surface area contributed by atoms with E-state index in [1.54, 1.807) is 12.0 Å². The van der Waals surface area contributed by atoms with Gasteiger partial charge in [-0.25, -0.2) is 0 Å². The molecule has 6 heteroatoms. The Bertz CT molecular complexity index is 657. The molecule has 0 spiro atoms. The highest BCUT2D eigenvalue weighted by molar-refractivity contribution is 5.84. The van der Waals surface area contributed by atoms with Crippen molar-refractivity contribution in [1.82, 2.24) is 9.80 Å². The average Bonchev–Trinajstić information content (AvgIpc) is 3.22. The largest absolute Gasteiger partial charge is 0.496 e. The minimum absolute atomic E-state index is 0.0189. The standard InChI is InChI=1S/C21H30N2O4/c1-27-19-9-5-2-6-16(19)14-22(12-13-24)21(26)17-10-11-20(25)23(15-17)18-7-3-4-8-18/h2,5-6,9,17-18,24H,3-4,7-8,10-15H2,1H3. The number of aliphatic hydroxyl groups excluding tert-OH is 1. The van der Waals surface area contributed by atoms with Crippen molar-refractivity contribution in [2.45, 2.75) is 51.1 Å². The third-order valence-electron chi connectivity index (χ3n) is 5.79. The second-order valence-corrected chi connectivity index (χ2v) is 7.52. The van der Waals surface area contributed by atoms with Gasteiger partial charge in [-0.15, -0.1) is 0 Å². The number of aliphatic hydroxyl groups is 1. The highest BCUT2D eigenvalue weighted by Gasteiger charge is 2.36. The van der Waals surface area contributed by atoms with Crippen LogP contribution in [0.1, 0.15) is 44.1 Å². The zero-order valence-corrected chi connectivity index (χ0v) is 16.1. The van der Waals surface area contributed by atoms with E-state index < -0.39 is 0 Å². The maximum Gasteiger partial charge on any atom is 0.227 e. The molecule has 1 aliphatic carbocycles. The Balaban J connectivity index is 1.71. The summed E-state index contributed by atoms with van der Waals surface area (Å²) in [5.74, 6) is 0.749. The Kier molecular flexibility index (Phi) is 6.72. The summed E-state index contributed by atoms with van der Waals surface area (Å²) < 4.78 is 5.39. The van der Waals surface area contributed by atoms with Crippen LogP contribution in [0.3, 0.4) is 0 Å². The molecular weight excluding hydrogens is 344 g/mol. The Labute approximate surface area is 161 Å². The van der Waals surface area contributed by atoms with Gasteiger partial charge in [-0.1, -0.05) is 31.0 Å². The first kappa shape index (κ1) is 19.7. The van der Waals surface area contributed by atoms with Crippen molar-refractivity contribution in [3.05, 3.63) is 29.8 Å². The average molecular weight is 374 g/mol. The SMILES string of the molecule is COc1ccccc1CN(CCO)C(=O)C1CCC(=O)N(C2CCCC2)C1. The molecule has 2 amide bonds. The van der Waals surface area contributed by atoms with Gasteiger partial charge in [0, 0.05) is 37.7 Å². The van der Waals surface area contributed by atoms with Gasteiger partial charge in [-0.3, -0.25) is 9.59 Å². The normalized spacial score (nSPS) is 20.7. The summed E-state index contributed by atoms with van der Waals surface area (Å²) in [6.07, 6.45) is 5.46. The molecule has 1 atom stereocenters.